The third kappa shape index (κ3) is 3.52. The summed E-state index contributed by atoms with van der Waals surface area (Å²) >= 11 is 0. The Balaban J connectivity index is 0.00000324. The molecule has 1 aromatic rings. The minimum absolute atomic E-state index is 0. The fraction of sp³-hybridized carbons (Fsp3) is 0.462. The lowest BCUT2D eigenvalue weighted by molar-refractivity contribution is -0.152. The van der Waals surface area contributed by atoms with E-state index in [1.54, 1.807) is 26.0 Å². The molecule has 0 heterocycles. The van der Waals surface area contributed by atoms with Crippen LogP contribution in [0.3, 0.4) is 0 Å². The molecular formula is C13H20ClNO4. The molecule has 0 unspecified atom stereocenters. The van der Waals surface area contributed by atoms with Crippen molar-refractivity contribution in [2.45, 2.75) is 19.9 Å². The zero-order valence-corrected chi connectivity index (χ0v) is 12.3. The number of phenols is 1. The molecule has 0 spiro atoms. The lowest BCUT2D eigenvalue weighted by atomic mass is 9.80. The number of nitrogens with two attached hydrogens (primary N) is 1. The molecule has 1 atom stereocenters. The first kappa shape index (κ1) is 17.5. The van der Waals surface area contributed by atoms with Crippen LogP contribution in [-0.4, -0.2) is 25.3 Å². The number of carbonyl (C=O) groups excluding carboxylic acids is 1. The van der Waals surface area contributed by atoms with E-state index in [4.69, 9.17) is 15.2 Å². The van der Waals surface area contributed by atoms with Crippen molar-refractivity contribution in [3.63, 3.8) is 0 Å². The van der Waals surface area contributed by atoms with Crippen LogP contribution in [0.2, 0.25) is 0 Å². The predicted octanol–water partition coefficient (Wildman–Crippen LogP) is 2.02. The Labute approximate surface area is 119 Å². The van der Waals surface area contributed by atoms with Crippen LogP contribution in [0.4, 0.5) is 0 Å². The van der Waals surface area contributed by atoms with Crippen molar-refractivity contribution in [3.8, 4) is 11.5 Å². The molecule has 0 saturated carbocycles. The Bertz CT molecular complexity index is 448. The fourth-order valence-corrected chi connectivity index (χ4v) is 1.69. The normalized spacial score (nSPS) is 12.3. The first-order valence-electron chi connectivity index (χ1n) is 5.55. The van der Waals surface area contributed by atoms with Crippen LogP contribution in [0.1, 0.15) is 25.5 Å². The van der Waals surface area contributed by atoms with E-state index in [0.717, 1.165) is 0 Å². The van der Waals surface area contributed by atoms with Gasteiger partial charge in [0.25, 0.3) is 0 Å². The lowest BCUT2D eigenvalue weighted by Gasteiger charge is -2.29. The van der Waals surface area contributed by atoms with Crippen molar-refractivity contribution in [2.24, 2.45) is 11.1 Å². The third-order valence-electron chi connectivity index (χ3n) is 3.06. The van der Waals surface area contributed by atoms with Crippen molar-refractivity contribution in [1.82, 2.24) is 0 Å². The number of halogens is 1. The van der Waals surface area contributed by atoms with Gasteiger partial charge in [0.2, 0.25) is 0 Å². The minimum atomic E-state index is -0.946. The largest absolute Gasteiger partial charge is 0.508 e. The van der Waals surface area contributed by atoms with Gasteiger partial charge >= 0.3 is 5.97 Å². The van der Waals surface area contributed by atoms with E-state index in [1.807, 2.05) is 0 Å². The van der Waals surface area contributed by atoms with E-state index in [2.05, 4.69) is 0 Å². The zero-order chi connectivity index (χ0) is 13.9. The Morgan fingerprint density at radius 1 is 1.37 bits per heavy atom. The maximum atomic E-state index is 11.7. The van der Waals surface area contributed by atoms with Gasteiger partial charge in [0.05, 0.1) is 19.6 Å². The van der Waals surface area contributed by atoms with Gasteiger partial charge in [0.15, 0.2) is 0 Å². The number of rotatable bonds is 4. The smallest absolute Gasteiger partial charge is 0.313 e. The van der Waals surface area contributed by atoms with Crippen LogP contribution < -0.4 is 10.5 Å². The third-order valence-corrected chi connectivity index (χ3v) is 3.06. The molecule has 1 rings (SSSR count). The maximum absolute atomic E-state index is 11.7. The molecule has 5 nitrogen and oxygen atoms in total. The van der Waals surface area contributed by atoms with Crippen LogP contribution in [0.25, 0.3) is 0 Å². The highest BCUT2D eigenvalue weighted by molar-refractivity contribution is 5.85. The summed E-state index contributed by atoms with van der Waals surface area (Å²) in [6.07, 6.45) is 0. The molecule has 0 aliphatic carbocycles. The van der Waals surface area contributed by atoms with E-state index in [0.29, 0.717) is 11.3 Å². The van der Waals surface area contributed by atoms with E-state index < -0.39 is 17.4 Å². The summed E-state index contributed by atoms with van der Waals surface area (Å²) in [5.41, 5.74) is 5.56. The molecule has 0 aromatic heterocycles. The van der Waals surface area contributed by atoms with E-state index >= 15 is 0 Å². The summed E-state index contributed by atoms with van der Waals surface area (Å²) in [4.78, 5) is 11.7. The van der Waals surface area contributed by atoms with Crippen LogP contribution in [0, 0.1) is 5.41 Å². The quantitative estimate of drug-likeness (QED) is 0.829. The number of carbonyl (C=O) groups is 1. The second-order valence-corrected chi connectivity index (χ2v) is 4.62. The number of aromatic hydroxyl groups is 1. The second kappa shape index (κ2) is 6.63. The van der Waals surface area contributed by atoms with E-state index in [9.17, 15) is 9.90 Å². The maximum Gasteiger partial charge on any atom is 0.313 e. The standard InChI is InChI=1S/C13H19NO4.ClH/c1-13(2,12(16)18-4)11(14)9-7-8(17-3)5-6-10(9)15;/h5-7,11,15H,14H2,1-4H3;1H/t11-;/m1./s1. The summed E-state index contributed by atoms with van der Waals surface area (Å²) in [6, 6.07) is 4.03. The van der Waals surface area contributed by atoms with Crippen molar-refractivity contribution in [1.29, 1.82) is 0 Å². The van der Waals surface area contributed by atoms with Crippen LogP contribution in [0.5, 0.6) is 11.5 Å². The summed E-state index contributed by atoms with van der Waals surface area (Å²) in [5, 5.41) is 9.83. The van der Waals surface area contributed by atoms with Crippen LogP contribution >= 0.6 is 12.4 Å². The minimum Gasteiger partial charge on any atom is -0.508 e. The number of phenolic OH excluding ortho intramolecular Hbond substituents is 1. The monoisotopic (exact) mass is 289 g/mol. The number of ether oxygens (including phenoxy) is 2. The Hall–Kier alpha value is -1.46. The van der Waals surface area contributed by atoms with Crippen molar-refractivity contribution in [2.75, 3.05) is 14.2 Å². The zero-order valence-electron chi connectivity index (χ0n) is 11.5. The molecule has 0 amide bonds. The van der Waals surface area contributed by atoms with E-state index in [1.165, 1.54) is 20.3 Å². The molecular weight excluding hydrogens is 270 g/mol. The topological polar surface area (TPSA) is 81.8 Å². The average molecular weight is 290 g/mol. The molecule has 108 valence electrons. The number of benzene rings is 1. The summed E-state index contributed by atoms with van der Waals surface area (Å²) in [7, 11) is 2.83. The average Bonchev–Trinajstić information content (AvgIpc) is 2.37. The molecule has 0 radical (unpaired) electrons. The van der Waals surface area contributed by atoms with E-state index in [-0.39, 0.29) is 18.2 Å². The number of hydrogen-bond donors (Lipinski definition) is 2. The molecule has 0 fully saturated rings. The molecule has 0 saturated heterocycles. The highest BCUT2D eigenvalue weighted by atomic mass is 35.5. The molecule has 0 aliphatic rings. The van der Waals surface area contributed by atoms with Gasteiger partial charge in [0, 0.05) is 11.6 Å². The van der Waals surface area contributed by atoms with Crippen molar-refractivity contribution in [3.05, 3.63) is 23.8 Å². The Morgan fingerprint density at radius 2 is 1.95 bits per heavy atom. The SMILES string of the molecule is COC(=O)C(C)(C)[C@H](N)c1cc(OC)ccc1O.Cl. The molecule has 3 N–H and O–H groups in total. The number of esters is 1. The lowest BCUT2D eigenvalue weighted by Crippen LogP contribution is -2.37. The van der Waals surface area contributed by atoms with Gasteiger partial charge in [-0.2, -0.15) is 0 Å². The number of methoxy groups -OCH3 is 2. The van der Waals surface area contributed by atoms with Gasteiger partial charge in [-0.25, -0.2) is 0 Å². The summed E-state index contributed by atoms with van der Waals surface area (Å²) in [6.45, 7) is 3.34. The highest BCUT2D eigenvalue weighted by Crippen LogP contribution is 2.38. The van der Waals surface area contributed by atoms with Gasteiger partial charge in [-0.1, -0.05) is 0 Å². The Morgan fingerprint density at radius 3 is 2.42 bits per heavy atom. The van der Waals surface area contributed by atoms with Gasteiger partial charge in [-0.3, -0.25) is 4.79 Å². The summed E-state index contributed by atoms with van der Waals surface area (Å²) < 4.78 is 9.80. The van der Waals surface area contributed by atoms with Crippen molar-refractivity contribution >= 4 is 18.4 Å². The molecule has 6 heteroatoms. The number of hydrogen-bond acceptors (Lipinski definition) is 5. The molecule has 19 heavy (non-hydrogen) atoms. The Kier molecular flexibility index (Phi) is 6.12. The van der Waals surface area contributed by atoms with Gasteiger partial charge < -0.3 is 20.3 Å². The predicted molar refractivity (Wildman–Crippen MR) is 74.6 cm³/mol. The first-order chi connectivity index (χ1) is 8.34. The summed E-state index contributed by atoms with van der Waals surface area (Å²) in [5.74, 6) is 0.163. The van der Waals surface area contributed by atoms with Gasteiger partial charge in [-0.15, -0.1) is 12.4 Å². The second-order valence-electron chi connectivity index (χ2n) is 4.62. The van der Waals surface area contributed by atoms with Gasteiger partial charge in [-0.05, 0) is 32.0 Å². The van der Waals surface area contributed by atoms with Crippen molar-refractivity contribution < 1.29 is 19.4 Å². The molecule has 0 bridgehead atoms. The van der Waals surface area contributed by atoms with Crippen LogP contribution in [0.15, 0.2) is 18.2 Å². The first-order valence-corrected chi connectivity index (χ1v) is 5.55. The fourth-order valence-electron chi connectivity index (χ4n) is 1.69. The molecule has 0 aliphatic heterocycles. The van der Waals surface area contributed by atoms with Crippen LogP contribution in [-0.2, 0) is 9.53 Å². The highest BCUT2D eigenvalue weighted by Gasteiger charge is 2.37. The molecule has 1 aromatic carbocycles. The van der Waals surface area contributed by atoms with Gasteiger partial charge in [0.1, 0.15) is 11.5 Å².